The third-order valence-corrected chi connectivity index (χ3v) is 5.46. The number of hydrogen-bond acceptors (Lipinski definition) is 4. The number of likely N-dealkylation sites (tertiary alicyclic amines) is 1. The van der Waals surface area contributed by atoms with Gasteiger partial charge in [-0.15, -0.1) is 0 Å². The first kappa shape index (κ1) is 15.3. The Balaban J connectivity index is 1.47. The van der Waals surface area contributed by atoms with Crippen molar-refractivity contribution in [2.24, 2.45) is 0 Å². The highest BCUT2D eigenvalue weighted by Crippen LogP contribution is 2.43. The fourth-order valence-corrected chi connectivity index (χ4v) is 4.16. The number of amides is 1. The minimum Gasteiger partial charge on any atom is -0.350 e. The lowest BCUT2D eigenvalue weighted by molar-refractivity contribution is -0.120. The number of aromatic nitrogens is 2. The van der Waals surface area contributed by atoms with E-state index in [1.165, 1.54) is 11.1 Å². The second-order valence-electron chi connectivity index (χ2n) is 6.87. The molecule has 0 radical (unpaired) electrons. The molecule has 2 aromatic heterocycles. The lowest BCUT2D eigenvalue weighted by Crippen LogP contribution is -2.53. The summed E-state index contributed by atoms with van der Waals surface area (Å²) < 4.78 is 0. The normalized spacial score (nSPS) is 23.3. The zero-order chi connectivity index (χ0) is 16.4. The summed E-state index contributed by atoms with van der Waals surface area (Å²) >= 11 is 0. The summed E-state index contributed by atoms with van der Waals surface area (Å²) in [5, 5.41) is 3.31. The van der Waals surface area contributed by atoms with Gasteiger partial charge in [0.1, 0.15) is 0 Å². The first-order valence-corrected chi connectivity index (χ1v) is 8.57. The van der Waals surface area contributed by atoms with Crippen LogP contribution in [0.4, 0.5) is 0 Å². The summed E-state index contributed by atoms with van der Waals surface area (Å²) in [6.07, 6.45) is 9.92. The van der Waals surface area contributed by atoms with Crippen molar-refractivity contribution in [3.05, 3.63) is 60.2 Å². The Labute approximate surface area is 142 Å². The van der Waals surface area contributed by atoms with Crippen LogP contribution in [-0.4, -0.2) is 39.4 Å². The van der Waals surface area contributed by atoms with Crippen molar-refractivity contribution in [1.82, 2.24) is 20.2 Å². The highest BCUT2D eigenvalue weighted by molar-refractivity contribution is 5.81. The summed E-state index contributed by atoms with van der Waals surface area (Å²) in [4.78, 5) is 22.8. The number of rotatable bonds is 3. The summed E-state index contributed by atoms with van der Waals surface area (Å²) in [6, 6.07) is 8.25. The summed E-state index contributed by atoms with van der Waals surface area (Å²) in [5.41, 5.74) is 2.43. The third-order valence-electron chi connectivity index (χ3n) is 5.46. The fraction of sp³-hybridized carbons (Fsp3) is 0.421. The molecule has 0 saturated carbocycles. The molecule has 2 aromatic rings. The maximum absolute atomic E-state index is 12.1. The van der Waals surface area contributed by atoms with Crippen molar-refractivity contribution in [2.45, 2.75) is 37.3 Å². The molecular formula is C19H22N4O. The molecule has 2 aliphatic heterocycles. The van der Waals surface area contributed by atoms with Crippen LogP contribution in [0.15, 0.2) is 49.1 Å². The predicted octanol–water partition coefficient (Wildman–Crippen LogP) is 2.11. The minimum absolute atomic E-state index is 0.0901. The zero-order valence-corrected chi connectivity index (χ0v) is 13.7. The van der Waals surface area contributed by atoms with Crippen molar-refractivity contribution in [1.29, 1.82) is 0 Å². The van der Waals surface area contributed by atoms with Gasteiger partial charge < -0.3 is 5.32 Å². The molecule has 2 fully saturated rings. The zero-order valence-electron chi connectivity index (χ0n) is 13.7. The lowest BCUT2D eigenvalue weighted by Gasteiger charge is -2.43. The van der Waals surface area contributed by atoms with Crippen LogP contribution in [-0.2, 0) is 11.3 Å². The van der Waals surface area contributed by atoms with Gasteiger partial charge in [-0.1, -0.05) is 0 Å². The molecule has 24 heavy (non-hydrogen) atoms. The van der Waals surface area contributed by atoms with Gasteiger partial charge in [-0.25, -0.2) is 0 Å². The van der Waals surface area contributed by atoms with Crippen molar-refractivity contribution >= 4 is 5.91 Å². The maximum atomic E-state index is 12.1. The Morgan fingerprint density at radius 1 is 1.04 bits per heavy atom. The van der Waals surface area contributed by atoms with Crippen molar-refractivity contribution in [3.8, 4) is 0 Å². The van der Waals surface area contributed by atoms with Crippen LogP contribution in [0.3, 0.4) is 0 Å². The Morgan fingerprint density at radius 3 is 2.33 bits per heavy atom. The Hall–Kier alpha value is -2.27. The van der Waals surface area contributed by atoms with E-state index >= 15 is 0 Å². The maximum Gasteiger partial charge on any atom is 0.221 e. The van der Waals surface area contributed by atoms with E-state index in [4.69, 9.17) is 0 Å². The molecule has 1 amide bonds. The topological polar surface area (TPSA) is 58.1 Å². The Morgan fingerprint density at radius 2 is 1.67 bits per heavy atom. The van der Waals surface area contributed by atoms with Gasteiger partial charge in [0.15, 0.2) is 0 Å². The molecule has 124 valence electrons. The Kier molecular flexibility index (Phi) is 4.02. The van der Waals surface area contributed by atoms with Crippen molar-refractivity contribution in [3.63, 3.8) is 0 Å². The lowest BCUT2D eigenvalue weighted by atomic mass is 9.74. The molecule has 0 bridgehead atoms. The molecule has 0 aliphatic carbocycles. The van der Waals surface area contributed by atoms with Crippen LogP contribution in [0.1, 0.15) is 36.3 Å². The largest absolute Gasteiger partial charge is 0.350 e. The molecule has 1 atom stereocenters. The van der Waals surface area contributed by atoms with Crippen LogP contribution in [0.2, 0.25) is 0 Å². The minimum atomic E-state index is -0.0901. The van der Waals surface area contributed by atoms with Gasteiger partial charge in [0, 0.05) is 62.3 Å². The van der Waals surface area contributed by atoms with Crippen LogP contribution in [0.25, 0.3) is 0 Å². The van der Waals surface area contributed by atoms with Gasteiger partial charge in [-0.3, -0.25) is 19.7 Å². The van der Waals surface area contributed by atoms with E-state index in [0.29, 0.717) is 6.42 Å². The molecule has 2 aliphatic rings. The smallest absolute Gasteiger partial charge is 0.221 e. The highest BCUT2D eigenvalue weighted by Gasteiger charge is 2.48. The molecule has 0 aromatic carbocycles. The fourth-order valence-electron chi connectivity index (χ4n) is 4.16. The Bertz CT molecular complexity index is 696. The molecule has 5 nitrogen and oxygen atoms in total. The van der Waals surface area contributed by atoms with Crippen LogP contribution in [0.5, 0.6) is 0 Å². The SMILES string of the molecule is O=C1CC(c2ccncc2)C2(CCN(Cc3ccncc3)CC2)N1. The van der Waals surface area contributed by atoms with Crippen molar-refractivity contribution in [2.75, 3.05) is 13.1 Å². The van der Waals surface area contributed by atoms with Gasteiger partial charge >= 0.3 is 0 Å². The van der Waals surface area contributed by atoms with E-state index < -0.39 is 0 Å². The number of carbonyl (C=O) groups excluding carboxylic acids is 1. The second kappa shape index (κ2) is 6.32. The molecular weight excluding hydrogens is 300 g/mol. The van der Waals surface area contributed by atoms with Gasteiger partial charge in [0.2, 0.25) is 5.91 Å². The molecule has 4 rings (SSSR count). The predicted molar refractivity (Wildman–Crippen MR) is 91.2 cm³/mol. The average molecular weight is 322 g/mol. The van der Waals surface area contributed by atoms with Crippen molar-refractivity contribution < 1.29 is 4.79 Å². The molecule has 5 heteroatoms. The molecule has 1 spiro atoms. The molecule has 1 N–H and O–H groups in total. The van der Waals surface area contributed by atoms with E-state index in [1.807, 2.05) is 24.8 Å². The van der Waals surface area contributed by atoms with Crippen LogP contribution < -0.4 is 5.32 Å². The van der Waals surface area contributed by atoms with Gasteiger partial charge in [0.05, 0.1) is 0 Å². The number of nitrogens with one attached hydrogen (secondary N) is 1. The number of nitrogens with zero attached hydrogens (tertiary/aromatic N) is 3. The summed E-state index contributed by atoms with van der Waals surface area (Å²) in [7, 11) is 0. The molecule has 1 unspecified atom stereocenters. The number of pyridine rings is 2. The van der Waals surface area contributed by atoms with E-state index in [-0.39, 0.29) is 17.4 Å². The standard InChI is InChI=1S/C19H22N4O/c24-18-13-17(16-3-9-21-10-4-16)19(22-18)5-11-23(12-6-19)14-15-1-7-20-8-2-15/h1-4,7-10,17H,5-6,11-14H2,(H,22,24). The summed E-state index contributed by atoms with van der Waals surface area (Å²) in [6.45, 7) is 2.96. The van der Waals surface area contributed by atoms with E-state index in [0.717, 1.165) is 32.5 Å². The third kappa shape index (κ3) is 2.91. The van der Waals surface area contributed by atoms with Gasteiger partial charge in [-0.05, 0) is 48.2 Å². The van der Waals surface area contributed by atoms with E-state index in [2.05, 4.69) is 44.5 Å². The quantitative estimate of drug-likeness (QED) is 0.940. The number of piperidine rings is 1. The van der Waals surface area contributed by atoms with E-state index in [1.54, 1.807) is 0 Å². The van der Waals surface area contributed by atoms with Crippen LogP contribution in [0, 0.1) is 0 Å². The van der Waals surface area contributed by atoms with Crippen LogP contribution >= 0.6 is 0 Å². The van der Waals surface area contributed by atoms with Gasteiger partial charge in [0.25, 0.3) is 0 Å². The molecule has 4 heterocycles. The second-order valence-corrected chi connectivity index (χ2v) is 6.87. The first-order chi connectivity index (χ1) is 11.8. The monoisotopic (exact) mass is 322 g/mol. The van der Waals surface area contributed by atoms with Gasteiger partial charge in [-0.2, -0.15) is 0 Å². The highest BCUT2D eigenvalue weighted by atomic mass is 16.2. The summed E-state index contributed by atoms with van der Waals surface area (Å²) in [5.74, 6) is 0.440. The number of carbonyl (C=O) groups is 1. The first-order valence-electron chi connectivity index (χ1n) is 8.57. The van der Waals surface area contributed by atoms with E-state index in [9.17, 15) is 4.79 Å². The molecule has 2 saturated heterocycles. The number of hydrogen-bond donors (Lipinski definition) is 1. The average Bonchev–Trinajstić information content (AvgIpc) is 2.95.